The lowest BCUT2D eigenvalue weighted by molar-refractivity contribution is -0.394. The standard InChI is InChI=1S/C18H18N8O5/c1-11-12(2)24(10-23-11)17-8-16(21-9-22-17)19-3-4-20-18(27)13-5-14(25(28)29)7-15(6-13)26(30)31/h5-10H,3-4H2,1-2H3,(H,20,27)(H,19,21,22). The molecule has 160 valence electrons. The van der Waals surface area contributed by atoms with E-state index in [1.54, 1.807) is 12.4 Å². The molecule has 2 aromatic heterocycles. The van der Waals surface area contributed by atoms with Crippen molar-refractivity contribution in [2.75, 3.05) is 18.4 Å². The number of amides is 1. The van der Waals surface area contributed by atoms with Crippen molar-refractivity contribution in [3.8, 4) is 5.82 Å². The third kappa shape index (κ3) is 4.95. The van der Waals surface area contributed by atoms with Gasteiger partial charge in [0.05, 0.1) is 27.2 Å². The summed E-state index contributed by atoms with van der Waals surface area (Å²) < 4.78 is 1.82. The molecule has 3 rings (SSSR count). The van der Waals surface area contributed by atoms with E-state index < -0.39 is 27.1 Å². The first-order valence-electron chi connectivity index (χ1n) is 9.05. The lowest BCUT2D eigenvalue weighted by Gasteiger charge is -2.09. The molecule has 0 unspecified atom stereocenters. The van der Waals surface area contributed by atoms with E-state index in [4.69, 9.17) is 0 Å². The van der Waals surface area contributed by atoms with Crippen LogP contribution in [-0.2, 0) is 0 Å². The molecule has 0 aliphatic rings. The number of aryl methyl sites for hydroxylation is 1. The number of rotatable bonds is 8. The minimum absolute atomic E-state index is 0.151. The lowest BCUT2D eigenvalue weighted by atomic mass is 10.1. The fourth-order valence-corrected chi connectivity index (χ4v) is 2.71. The van der Waals surface area contributed by atoms with Gasteiger partial charge in [0.25, 0.3) is 17.3 Å². The summed E-state index contributed by atoms with van der Waals surface area (Å²) >= 11 is 0. The Morgan fingerprint density at radius 3 is 2.26 bits per heavy atom. The minimum atomic E-state index is -0.790. The number of nitrogens with zero attached hydrogens (tertiary/aromatic N) is 6. The van der Waals surface area contributed by atoms with E-state index in [1.165, 1.54) is 6.33 Å². The van der Waals surface area contributed by atoms with Crippen molar-refractivity contribution in [3.63, 3.8) is 0 Å². The Morgan fingerprint density at radius 2 is 1.68 bits per heavy atom. The Morgan fingerprint density at radius 1 is 1.00 bits per heavy atom. The highest BCUT2D eigenvalue weighted by Gasteiger charge is 2.19. The maximum absolute atomic E-state index is 12.3. The molecule has 2 N–H and O–H groups in total. The fourth-order valence-electron chi connectivity index (χ4n) is 2.71. The van der Waals surface area contributed by atoms with E-state index >= 15 is 0 Å². The van der Waals surface area contributed by atoms with Gasteiger partial charge in [-0.25, -0.2) is 15.0 Å². The summed E-state index contributed by atoms with van der Waals surface area (Å²) in [6.07, 6.45) is 3.06. The number of hydrogen-bond donors (Lipinski definition) is 2. The van der Waals surface area contributed by atoms with E-state index in [0.717, 1.165) is 29.6 Å². The van der Waals surface area contributed by atoms with Gasteiger partial charge in [0.2, 0.25) is 0 Å². The van der Waals surface area contributed by atoms with Crippen LogP contribution < -0.4 is 10.6 Å². The average molecular weight is 426 g/mol. The van der Waals surface area contributed by atoms with Crippen LogP contribution in [0.5, 0.6) is 0 Å². The quantitative estimate of drug-likeness (QED) is 0.310. The first-order valence-corrected chi connectivity index (χ1v) is 9.05. The zero-order chi connectivity index (χ0) is 22.5. The van der Waals surface area contributed by atoms with Crippen molar-refractivity contribution in [3.05, 3.63) is 74.1 Å². The summed E-state index contributed by atoms with van der Waals surface area (Å²) in [6, 6.07) is 4.50. The Balaban J connectivity index is 1.61. The Kier molecular flexibility index (Phi) is 6.14. The average Bonchev–Trinajstić information content (AvgIpc) is 3.09. The molecule has 1 amide bonds. The van der Waals surface area contributed by atoms with E-state index in [0.29, 0.717) is 18.2 Å². The molecule has 0 spiro atoms. The number of carbonyl (C=O) groups is 1. The summed E-state index contributed by atoms with van der Waals surface area (Å²) in [6.45, 7) is 4.26. The second-order valence-electron chi connectivity index (χ2n) is 6.48. The van der Waals surface area contributed by atoms with E-state index in [9.17, 15) is 25.0 Å². The molecule has 0 bridgehead atoms. The molecule has 31 heavy (non-hydrogen) atoms. The Labute approximate surface area is 175 Å². The highest BCUT2D eigenvalue weighted by Crippen LogP contribution is 2.22. The number of nitrogens with one attached hydrogen (secondary N) is 2. The number of non-ortho nitro benzene ring substituents is 2. The molecule has 0 aliphatic carbocycles. The van der Waals surface area contributed by atoms with Crippen LogP contribution in [0.1, 0.15) is 21.7 Å². The number of aromatic nitrogens is 4. The molecule has 2 heterocycles. The van der Waals surface area contributed by atoms with Gasteiger partial charge in [-0.15, -0.1) is 0 Å². The monoisotopic (exact) mass is 426 g/mol. The molecular formula is C18H18N8O5. The number of hydrogen-bond acceptors (Lipinski definition) is 9. The van der Waals surface area contributed by atoms with Crippen molar-refractivity contribution in [2.45, 2.75) is 13.8 Å². The third-order valence-corrected chi connectivity index (χ3v) is 4.45. The topological polar surface area (TPSA) is 171 Å². The van der Waals surface area contributed by atoms with Gasteiger partial charge in [0.15, 0.2) is 0 Å². The van der Waals surface area contributed by atoms with Crippen molar-refractivity contribution < 1.29 is 14.6 Å². The van der Waals surface area contributed by atoms with Crippen LogP contribution in [0.25, 0.3) is 5.82 Å². The van der Waals surface area contributed by atoms with Crippen molar-refractivity contribution in [1.29, 1.82) is 0 Å². The van der Waals surface area contributed by atoms with Crippen LogP contribution in [0.15, 0.2) is 36.9 Å². The van der Waals surface area contributed by atoms with Gasteiger partial charge in [-0.05, 0) is 13.8 Å². The molecular weight excluding hydrogens is 408 g/mol. The lowest BCUT2D eigenvalue weighted by Crippen LogP contribution is -2.29. The van der Waals surface area contributed by atoms with E-state index in [2.05, 4.69) is 25.6 Å². The van der Waals surface area contributed by atoms with Crippen LogP contribution in [0, 0.1) is 34.1 Å². The Bertz CT molecular complexity index is 1130. The number of benzene rings is 1. The second kappa shape index (κ2) is 8.94. The molecule has 13 nitrogen and oxygen atoms in total. The molecule has 3 aromatic rings. The van der Waals surface area contributed by atoms with Crippen molar-refractivity contribution >= 4 is 23.1 Å². The van der Waals surface area contributed by atoms with E-state index in [-0.39, 0.29) is 12.1 Å². The van der Waals surface area contributed by atoms with Crippen LogP contribution in [0.2, 0.25) is 0 Å². The summed E-state index contributed by atoms with van der Waals surface area (Å²) in [7, 11) is 0. The van der Waals surface area contributed by atoms with Crippen molar-refractivity contribution in [2.24, 2.45) is 0 Å². The first-order chi connectivity index (χ1) is 14.8. The van der Waals surface area contributed by atoms with Gasteiger partial charge in [-0.3, -0.25) is 29.6 Å². The highest BCUT2D eigenvalue weighted by molar-refractivity contribution is 5.95. The smallest absolute Gasteiger partial charge is 0.277 e. The van der Waals surface area contributed by atoms with Crippen LogP contribution in [0.4, 0.5) is 17.2 Å². The minimum Gasteiger partial charge on any atom is -0.368 e. The molecule has 0 saturated carbocycles. The van der Waals surface area contributed by atoms with Gasteiger partial charge >= 0.3 is 0 Å². The number of nitro groups is 2. The summed E-state index contributed by atoms with van der Waals surface area (Å²) in [4.78, 5) is 45.1. The Hall–Kier alpha value is -4.42. The van der Waals surface area contributed by atoms with Crippen LogP contribution in [0.3, 0.4) is 0 Å². The van der Waals surface area contributed by atoms with Gasteiger partial charge in [0.1, 0.15) is 24.3 Å². The molecule has 0 saturated heterocycles. The third-order valence-electron chi connectivity index (χ3n) is 4.45. The van der Waals surface area contributed by atoms with Crippen LogP contribution in [-0.4, -0.2) is 48.4 Å². The summed E-state index contributed by atoms with van der Waals surface area (Å²) in [5.41, 5.74) is 0.600. The molecule has 0 aliphatic heterocycles. The summed E-state index contributed by atoms with van der Waals surface area (Å²) in [5, 5.41) is 27.5. The van der Waals surface area contributed by atoms with Crippen LogP contribution >= 0.6 is 0 Å². The van der Waals surface area contributed by atoms with Gasteiger partial charge < -0.3 is 10.6 Å². The summed E-state index contributed by atoms with van der Waals surface area (Å²) in [5.74, 6) is 0.487. The van der Waals surface area contributed by atoms with Gasteiger partial charge in [-0.2, -0.15) is 0 Å². The molecule has 0 fully saturated rings. The predicted molar refractivity (Wildman–Crippen MR) is 109 cm³/mol. The molecule has 13 heteroatoms. The SMILES string of the molecule is Cc1ncn(-c2cc(NCCNC(=O)c3cc([N+](=O)[O-])cc([N+](=O)[O-])c3)ncn2)c1C. The normalized spacial score (nSPS) is 10.5. The first kappa shape index (κ1) is 21.3. The maximum atomic E-state index is 12.3. The molecule has 0 radical (unpaired) electrons. The zero-order valence-electron chi connectivity index (χ0n) is 16.6. The van der Waals surface area contributed by atoms with E-state index in [1.807, 2.05) is 18.4 Å². The fraction of sp³-hybridized carbons (Fsp3) is 0.222. The maximum Gasteiger partial charge on any atom is 0.277 e. The molecule has 1 aromatic carbocycles. The zero-order valence-corrected chi connectivity index (χ0v) is 16.6. The number of carbonyl (C=O) groups excluding carboxylic acids is 1. The largest absolute Gasteiger partial charge is 0.368 e. The highest BCUT2D eigenvalue weighted by atomic mass is 16.6. The number of nitro benzene ring substituents is 2. The van der Waals surface area contributed by atoms with Crippen molar-refractivity contribution in [1.82, 2.24) is 24.8 Å². The number of imidazole rings is 1. The second-order valence-corrected chi connectivity index (χ2v) is 6.48. The number of anilines is 1. The van der Waals surface area contributed by atoms with Gasteiger partial charge in [-0.1, -0.05) is 0 Å². The van der Waals surface area contributed by atoms with Gasteiger partial charge in [0, 0.05) is 37.0 Å². The predicted octanol–water partition coefficient (Wildman–Crippen LogP) is 1.94. The molecule has 0 atom stereocenters.